The molecule has 2 rings (SSSR count). The fourth-order valence-electron chi connectivity index (χ4n) is 4.05. The van der Waals surface area contributed by atoms with Crippen LogP contribution >= 0.6 is 34.4 Å². The number of hydrogen-bond acceptors (Lipinski definition) is 2. The van der Waals surface area contributed by atoms with Crippen LogP contribution in [0.15, 0.2) is 42.5 Å². The van der Waals surface area contributed by atoms with Crippen molar-refractivity contribution in [3.8, 4) is 0 Å². The van der Waals surface area contributed by atoms with Crippen molar-refractivity contribution in [1.82, 2.24) is 9.29 Å². The van der Waals surface area contributed by atoms with Gasteiger partial charge in [0.2, 0.25) is 0 Å². The largest absolute Gasteiger partial charge is 0.343 e. The Morgan fingerprint density at radius 3 is 2.31 bits per heavy atom. The van der Waals surface area contributed by atoms with Gasteiger partial charge in [-0.25, -0.2) is 10.0 Å². The summed E-state index contributed by atoms with van der Waals surface area (Å²) in [6, 6.07) is 10.6. The van der Waals surface area contributed by atoms with Crippen molar-refractivity contribution in [2.75, 3.05) is 24.5 Å². The first-order valence-corrected chi connectivity index (χ1v) is 15.3. The minimum Gasteiger partial charge on any atom is -0.343 e. The zero-order valence-electron chi connectivity index (χ0n) is 20.7. The van der Waals surface area contributed by atoms with Crippen LogP contribution in [-0.4, -0.2) is 29.1 Å². The smallest absolute Gasteiger partial charge is 0.0686 e. The van der Waals surface area contributed by atoms with Crippen LogP contribution in [-0.2, 0) is 6.54 Å². The number of halogens is 1. The molecule has 0 aliphatic carbocycles. The van der Waals surface area contributed by atoms with E-state index in [4.69, 9.17) is 11.6 Å². The summed E-state index contributed by atoms with van der Waals surface area (Å²) in [4.78, 5) is 0. The van der Waals surface area contributed by atoms with Gasteiger partial charge in [-0.3, -0.25) is 0 Å². The molecule has 0 amide bonds. The Labute approximate surface area is 207 Å². The fourth-order valence-corrected chi connectivity index (χ4v) is 5.51. The molecule has 0 atom stereocenters. The van der Waals surface area contributed by atoms with Crippen LogP contribution in [0.25, 0.3) is 11.3 Å². The zero-order chi connectivity index (χ0) is 23.9. The summed E-state index contributed by atoms with van der Waals surface area (Å²) < 4.78 is 5.69. The van der Waals surface area contributed by atoms with E-state index in [0.717, 1.165) is 30.8 Å². The SMILES string of the molecule is C=C(C)CC/C(c1ccc(Cl)cc1)=c1/cc(C)n(CCCCS(C)(C)C)/c1=C(/CC)NS. The second-order valence-electron chi connectivity index (χ2n) is 9.59. The lowest BCUT2D eigenvalue weighted by molar-refractivity contribution is 0.608. The minimum atomic E-state index is -0.450. The number of thiol groups is 1. The molecule has 1 aromatic heterocycles. The third-order valence-electron chi connectivity index (χ3n) is 5.79. The lowest BCUT2D eigenvalue weighted by Gasteiger charge is -2.24. The van der Waals surface area contributed by atoms with Crippen LogP contribution in [0.3, 0.4) is 0 Å². The molecule has 0 fully saturated rings. The molecule has 0 aliphatic heterocycles. The number of hydrogen-bond donors (Lipinski definition) is 2. The Bertz CT molecular complexity index is 1020. The molecule has 32 heavy (non-hydrogen) atoms. The summed E-state index contributed by atoms with van der Waals surface area (Å²) in [7, 11) is -0.450. The predicted molar refractivity (Wildman–Crippen MR) is 152 cm³/mol. The van der Waals surface area contributed by atoms with Crippen molar-refractivity contribution in [3.63, 3.8) is 0 Å². The Kier molecular flexibility index (Phi) is 10.4. The van der Waals surface area contributed by atoms with Gasteiger partial charge in [0.05, 0.1) is 5.35 Å². The van der Waals surface area contributed by atoms with Gasteiger partial charge in [-0.15, -0.1) is 6.58 Å². The molecular formula is C27H41ClN2S2. The Morgan fingerprint density at radius 2 is 1.78 bits per heavy atom. The lowest BCUT2D eigenvalue weighted by Crippen LogP contribution is -2.36. The average Bonchev–Trinajstić information content (AvgIpc) is 3.03. The predicted octanol–water partition coefficient (Wildman–Crippen LogP) is 6.43. The summed E-state index contributed by atoms with van der Waals surface area (Å²) in [5.41, 5.74) is 6.23. The third kappa shape index (κ3) is 7.67. The number of aromatic nitrogens is 1. The first-order valence-electron chi connectivity index (χ1n) is 11.5. The molecule has 0 bridgehead atoms. The minimum absolute atomic E-state index is 0.450. The number of rotatable bonds is 11. The van der Waals surface area contributed by atoms with Gasteiger partial charge >= 0.3 is 0 Å². The van der Waals surface area contributed by atoms with E-state index in [1.54, 1.807) is 0 Å². The van der Waals surface area contributed by atoms with Gasteiger partial charge in [0.15, 0.2) is 0 Å². The van der Waals surface area contributed by atoms with E-state index in [2.05, 4.69) is 86.4 Å². The molecule has 0 saturated heterocycles. The van der Waals surface area contributed by atoms with E-state index >= 15 is 0 Å². The molecule has 1 heterocycles. The van der Waals surface area contributed by atoms with Crippen LogP contribution in [0, 0.1) is 6.92 Å². The van der Waals surface area contributed by atoms with Crippen molar-refractivity contribution < 1.29 is 0 Å². The monoisotopic (exact) mass is 492 g/mol. The van der Waals surface area contributed by atoms with Crippen molar-refractivity contribution >= 4 is 45.7 Å². The fraction of sp³-hybridized carbons (Fsp3) is 0.481. The van der Waals surface area contributed by atoms with Gasteiger partial charge in [-0.05, 0) is 99.8 Å². The molecular weight excluding hydrogens is 452 g/mol. The Balaban J connectivity index is 2.69. The standard InChI is InChI=1S/C27H41ClN2S2/c1-8-26(29-31)27-25(19-21(4)30(27)17-9-10-18-32(5,6)7)24(16-11-20(2)3)22-12-14-23(28)15-13-22/h12-15,19,29,31H,2,8-11,16-18H2,1,3-7H3/b25-24+,27-26-. The molecule has 1 N–H and O–H groups in total. The summed E-state index contributed by atoms with van der Waals surface area (Å²) in [5, 5.41) is 3.33. The van der Waals surface area contributed by atoms with Crippen LogP contribution < -0.4 is 15.3 Å². The van der Waals surface area contributed by atoms with E-state index in [1.165, 1.54) is 57.3 Å². The number of nitrogens with zero attached hydrogens (tertiary/aromatic N) is 1. The molecule has 0 spiro atoms. The van der Waals surface area contributed by atoms with Gasteiger partial charge in [0.25, 0.3) is 0 Å². The van der Waals surface area contributed by atoms with Gasteiger partial charge < -0.3 is 9.29 Å². The number of nitrogens with one attached hydrogen (secondary N) is 1. The summed E-state index contributed by atoms with van der Waals surface area (Å²) >= 11 is 10.7. The normalized spacial score (nSPS) is 14.2. The second-order valence-corrected chi connectivity index (χ2v) is 14.8. The summed E-state index contributed by atoms with van der Waals surface area (Å²) in [5.74, 6) is 1.32. The summed E-state index contributed by atoms with van der Waals surface area (Å²) in [6.07, 6.45) is 12.5. The maximum absolute atomic E-state index is 6.20. The molecule has 1 aromatic carbocycles. The Hall–Kier alpha value is -1.23. The Morgan fingerprint density at radius 1 is 1.12 bits per heavy atom. The van der Waals surface area contributed by atoms with E-state index in [-0.39, 0.29) is 0 Å². The van der Waals surface area contributed by atoms with Crippen LogP contribution in [0.5, 0.6) is 0 Å². The van der Waals surface area contributed by atoms with E-state index in [9.17, 15) is 0 Å². The van der Waals surface area contributed by atoms with Crippen LogP contribution in [0.1, 0.15) is 57.2 Å². The van der Waals surface area contributed by atoms with Gasteiger partial charge in [-0.2, -0.15) is 0 Å². The molecule has 2 nitrogen and oxygen atoms in total. The van der Waals surface area contributed by atoms with Gasteiger partial charge in [0, 0.05) is 28.2 Å². The highest BCUT2D eigenvalue weighted by Gasteiger charge is 2.13. The lowest BCUT2D eigenvalue weighted by atomic mass is 9.97. The van der Waals surface area contributed by atoms with E-state index in [1.807, 2.05) is 12.1 Å². The highest BCUT2D eigenvalue weighted by molar-refractivity contribution is 8.32. The van der Waals surface area contributed by atoms with Crippen LogP contribution in [0.2, 0.25) is 5.02 Å². The maximum atomic E-state index is 6.20. The number of allylic oxidation sites excluding steroid dienone is 1. The molecule has 0 saturated carbocycles. The molecule has 0 unspecified atom stereocenters. The second kappa shape index (κ2) is 12.3. The number of unbranched alkanes of at least 4 members (excludes halogenated alkanes) is 1. The van der Waals surface area contributed by atoms with Crippen molar-refractivity contribution in [1.29, 1.82) is 0 Å². The van der Waals surface area contributed by atoms with Gasteiger partial charge in [0.1, 0.15) is 0 Å². The molecule has 178 valence electrons. The molecule has 0 aliphatic rings. The first-order chi connectivity index (χ1) is 15.1. The van der Waals surface area contributed by atoms with Crippen LogP contribution in [0.4, 0.5) is 0 Å². The highest BCUT2D eigenvalue weighted by Crippen LogP contribution is 2.35. The topological polar surface area (TPSA) is 17.0 Å². The van der Waals surface area contributed by atoms with E-state index < -0.39 is 10.0 Å². The zero-order valence-corrected chi connectivity index (χ0v) is 23.2. The molecule has 5 heteroatoms. The van der Waals surface area contributed by atoms with Crippen molar-refractivity contribution in [3.05, 3.63) is 69.3 Å². The highest BCUT2D eigenvalue weighted by atomic mass is 35.5. The first kappa shape index (κ1) is 27.0. The van der Waals surface area contributed by atoms with Gasteiger partial charge in [-0.1, -0.05) is 49.0 Å². The van der Waals surface area contributed by atoms with E-state index in [0.29, 0.717) is 0 Å². The average molecular weight is 493 g/mol. The number of benzene rings is 1. The molecule has 2 aromatic rings. The quantitative estimate of drug-likeness (QED) is 0.210. The van der Waals surface area contributed by atoms with Crippen molar-refractivity contribution in [2.45, 2.75) is 59.4 Å². The van der Waals surface area contributed by atoms with Crippen molar-refractivity contribution in [2.24, 2.45) is 0 Å². The molecule has 0 radical (unpaired) electrons. The number of aryl methyl sites for hydroxylation is 1. The third-order valence-corrected chi connectivity index (χ3v) is 7.82. The summed E-state index contributed by atoms with van der Waals surface area (Å²) in [6.45, 7) is 11.7. The maximum Gasteiger partial charge on any atom is 0.0686 e.